The number of carbonyl (C=O) groups excluding carboxylic acids is 1. The van der Waals surface area contributed by atoms with Crippen molar-refractivity contribution in [2.24, 2.45) is 0 Å². The Hall–Kier alpha value is -2.21. The molecule has 0 aromatic heterocycles. The van der Waals surface area contributed by atoms with Crippen molar-refractivity contribution in [2.45, 2.75) is 26.0 Å². The van der Waals surface area contributed by atoms with Gasteiger partial charge in [-0.1, -0.05) is 35.9 Å². The molecule has 0 aliphatic heterocycles. The molecular weight excluding hydrogens is 329 g/mol. The lowest BCUT2D eigenvalue weighted by Crippen LogP contribution is -2.19. The van der Waals surface area contributed by atoms with E-state index in [1.807, 2.05) is 32.0 Å². The van der Waals surface area contributed by atoms with Crippen molar-refractivity contribution in [3.05, 3.63) is 65.0 Å². The van der Waals surface area contributed by atoms with Crippen LogP contribution in [0.4, 0.5) is 10.1 Å². The fraction of sp³-hybridized carbons (Fsp3) is 0.278. The molecule has 0 aliphatic carbocycles. The molecule has 2 aromatic rings. The van der Waals surface area contributed by atoms with Crippen molar-refractivity contribution in [1.29, 1.82) is 0 Å². The highest BCUT2D eigenvalue weighted by molar-refractivity contribution is 7.90. The summed E-state index contributed by atoms with van der Waals surface area (Å²) in [6.45, 7) is 3.76. The van der Waals surface area contributed by atoms with E-state index in [2.05, 4.69) is 5.32 Å². The van der Waals surface area contributed by atoms with Crippen LogP contribution >= 0.6 is 0 Å². The van der Waals surface area contributed by atoms with Gasteiger partial charge in [0.2, 0.25) is 5.91 Å². The number of anilines is 1. The molecule has 0 saturated carbocycles. The smallest absolute Gasteiger partial charge is 0.225 e. The van der Waals surface area contributed by atoms with Crippen LogP contribution in [0.25, 0.3) is 0 Å². The van der Waals surface area contributed by atoms with Gasteiger partial charge < -0.3 is 5.32 Å². The summed E-state index contributed by atoms with van der Waals surface area (Å²) >= 11 is 0. The average Bonchev–Trinajstić information content (AvgIpc) is 2.51. The molecule has 0 bridgehead atoms. The molecule has 128 valence electrons. The summed E-state index contributed by atoms with van der Waals surface area (Å²) < 4.78 is 37.9. The number of halogens is 1. The quantitative estimate of drug-likeness (QED) is 0.869. The molecule has 2 aromatic carbocycles. The number of aryl methyl sites for hydroxylation is 2. The van der Waals surface area contributed by atoms with Crippen LogP contribution in [0.1, 0.15) is 23.1 Å². The molecule has 0 saturated heterocycles. The Kier molecular flexibility index (Phi) is 5.72. The van der Waals surface area contributed by atoms with Gasteiger partial charge >= 0.3 is 0 Å². The molecule has 0 spiro atoms. The van der Waals surface area contributed by atoms with Gasteiger partial charge in [0.05, 0.1) is 17.2 Å². The Balaban J connectivity index is 1.96. The number of para-hydroxylation sites is 1. The van der Waals surface area contributed by atoms with Gasteiger partial charge in [-0.3, -0.25) is 4.79 Å². The summed E-state index contributed by atoms with van der Waals surface area (Å²) in [4.78, 5) is 11.8. The first kappa shape index (κ1) is 18.1. The van der Waals surface area contributed by atoms with Gasteiger partial charge in [0.1, 0.15) is 5.82 Å². The van der Waals surface area contributed by atoms with Crippen LogP contribution in [0.5, 0.6) is 0 Å². The molecule has 0 heterocycles. The molecular formula is C18H20FNO3S. The minimum Gasteiger partial charge on any atom is -0.324 e. The van der Waals surface area contributed by atoms with Crippen LogP contribution in [0.15, 0.2) is 42.5 Å². The predicted molar refractivity (Wildman–Crippen MR) is 93.1 cm³/mol. The van der Waals surface area contributed by atoms with Gasteiger partial charge in [0, 0.05) is 6.42 Å². The van der Waals surface area contributed by atoms with Crippen molar-refractivity contribution in [2.75, 3.05) is 11.1 Å². The van der Waals surface area contributed by atoms with E-state index < -0.39 is 21.6 Å². The molecule has 0 fully saturated rings. The highest BCUT2D eigenvalue weighted by Crippen LogP contribution is 2.16. The second-order valence-electron chi connectivity index (χ2n) is 5.80. The van der Waals surface area contributed by atoms with E-state index in [1.54, 1.807) is 6.07 Å². The van der Waals surface area contributed by atoms with E-state index in [0.29, 0.717) is 0 Å². The zero-order valence-electron chi connectivity index (χ0n) is 13.7. The van der Waals surface area contributed by atoms with Gasteiger partial charge in [0.25, 0.3) is 0 Å². The normalized spacial score (nSPS) is 11.3. The van der Waals surface area contributed by atoms with E-state index in [-0.39, 0.29) is 23.6 Å². The molecule has 4 nitrogen and oxygen atoms in total. The van der Waals surface area contributed by atoms with Crippen LogP contribution in [-0.2, 0) is 20.4 Å². The van der Waals surface area contributed by atoms with Gasteiger partial charge in [0.15, 0.2) is 9.84 Å². The summed E-state index contributed by atoms with van der Waals surface area (Å²) in [5.41, 5.74) is 2.68. The van der Waals surface area contributed by atoms with Crippen LogP contribution in [-0.4, -0.2) is 20.1 Å². The highest BCUT2D eigenvalue weighted by atomic mass is 32.2. The van der Waals surface area contributed by atoms with Crippen LogP contribution in [0.2, 0.25) is 0 Å². The Morgan fingerprint density at radius 1 is 1.12 bits per heavy atom. The number of rotatable bonds is 6. The minimum absolute atomic E-state index is 0.0504. The molecule has 0 radical (unpaired) electrons. The maximum atomic E-state index is 13.5. The molecule has 0 unspecified atom stereocenters. The lowest BCUT2D eigenvalue weighted by atomic mass is 10.1. The monoisotopic (exact) mass is 349 g/mol. The number of hydrogen-bond acceptors (Lipinski definition) is 3. The molecule has 1 amide bonds. The lowest BCUT2D eigenvalue weighted by molar-refractivity contribution is -0.115. The average molecular weight is 349 g/mol. The number of amides is 1. The van der Waals surface area contributed by atoms with E-state index in [9.17, 15) is 17.6 Å². The van der Waals surface area contributed by atoms with Crippen LogP contribution in [0, 0.1) is 19.7 Å². The minimum atomic E-state index is -3.43. The highest BCUT2D eigenvalue weighted by Gasteiger charge is 2.16. The zero-order valence-corrected chi connectivity index (χ0v) is 14.5. The van der Waals surface area contributed by atoms with E-state index in [4.69, 9.17) is 0 Å². The maximum absolute atomic E-state index is 13.5. The van der Waals surface area contributed by atoms with E-state index in [1.165, 1.54) is 18.2 Å². The number of carbonyl (C=O) groups is 1. The first-order valence-electron chi connectivity index (χ1n) is 7.58. The van der Waals surface area contributed by atoms with E-state index in [0.717, 1.165) is 16.7 Å². The summed E-state index contributed by atoms with van der Waals surface area (Å²) in [5.74, 6) is -1.46. The maximum Gasteiger partial charge on any atom is 0.225 e. The van der Waals surface area contributed by atoms with Crippen molar-refractivity contribution in [3.8, 4) is 0 Å². The van der Waals surface area contributed by atoms with Gasteiger partial charge in [-0.2, -0.15) is 0 Å². The van der Waals surface area contributed by atoms with Gasteiger partial charge in [-0.25, -0.2) is 12.8 Å². The van der Waals surface area contributed by atoms with Crippen molar-refractivity contribution < 1.29 is 17.6 Å². The van der Waals surface area contributed by atoms with Crippen molar-refractivity contribution >= 4 is 21.4 Å². The van der Waals surface area contributed by atoms with Crippen LogP contribution < -0.4 is 5.32 Å². The Bertz CT molecular complexity index is 847. The third-order valence-corrected chi connectivity index (χ3v) is 5.25. The van der Waals surface area contributed by atoms with Crippen molar-refractivity contribution in [3.63, 3.8) is 0 Å². The molecule has 6 heteroatoms. The Morgan fingerprint density at radius 2 is 1.83 bits per heavy atom. The number of sulfone groups is 1. The van der Waals surface area contributed by atoms with E-state index >= 15 is 0 Å². The molecule has 1 N–H and O–H groups in total. The number of nitrogens with one attached hydrogen (secondary N) is 1. The second-order valence-corrected chi connectivity index (χ2v) is 7.98. The topological polar surface area (TPSA) is 63.2 Å². The first-order chi connectivity index (χ1) is 11.3. The SMILES string of the molecule is Cc1ccc(C)c(CS(=O)(=O)CCC(=O)Nc2ccccc2F)c1. The molecule has 24 heavy (non-hydrogen) atoms. The lowest BCUT2D eigenvalue weighted by Gasteiger charge is -2.09. The Labute approximate surface area is 141 Å². The predicted octanol–water partition coefficient (Wildman–Crippen LogP) is 3.39. The Morgan fingerprint density at radius 3 is 2.54 bits per heavy atom. The van der Waals surface area contributed by atoms with Gasteiger partial charge in [-0.15, -0.1) is 0 Å². The summed E-state index contributed by atoms with van der Waals surface area (Å²) in [5, 5.41) is 2.39. The standard InChI is InChI=1S/C18H20FNO3S/c1-13-7-8-14(2)15(11-13)12-24(22,23)10-9-18(21)20-17-6-4-3-5-16(17)19/h3-8,11H,9-10,12H2,1-2H3,(H,20,21). The molecule has 2 rings (SSSR count). The third kappa shape index (κ3) is 5.16. The largest absolute Gasteiger partial charge is 0.324 e. The fourth-order valence-electron chi connectivity index (χ4n) is 2.29. The molecule has 0 aliphatic rings. The number of hydrogen-bond donors (Lipinski definition) is 1. The van der Waals surface area contributed by atoms with Crippen LogP contribution in [0.3, 0.4) is 0 Å². The summed E-state index contributed by atoms with van der Waals surface area (Å²) in [7, 11) is -3.43. The third-order valence-electron chi connectivity index (χ3n) is 3.67. The summed E-state index contributed by atoms with van der Waals surface area (Å²) in [6.07, 6.45) is -0.207. The molecule has 0 atom stereocenters. The summed E-state index contributed by atoms with van der Waals surface area (Å²) in [6, 6.07) is 11.4. The number of benzene rings is 2. The zero-order chi connectivity index (χ0) is 17.7. The second kappa shape index (κ2) is 7.57. The first-order valence-corrected chi connectivity index (χ1v) is 9.40. The van der Waals surface area contributed by atoms with Gasteiger partial charge in [-0.05, 0) is 37.1 Å². The van der Waals surface area contributed by atoms with Crippen molar-refractivity contribution in [1.82, 2.24) is 0 Å². The fourth-order valence-corrected chi connectivity index (χ4v) is 3.71.